The summed E-state index contributed by atoms with van der Waals surface area (Å²) in [6.45, 7) is 0. The normalized spacial score (nSPS) is 13.0. The Bertz CT molecular complexity index is 1330. The third kappa shape index (κ3) is 4.77. The van der Waals surface area contributed by atoms with Gasteiger partial charge in [0.05, 0.1) is 23.7 Å². The quantitative estimate of drug-likeness (QED) is 0.432. The third-order valence-electron chi connectivity index (χ3n) is 5.02. The summed E-state index contributed by atoms with van der Waals surface area (Å²) in [5, 5.41) is 19.3. The average molecular weight is 463 g/mol. The van der Waals surface area contributed by atoms with Crippen molar-refractivity contribution in [2.75, 3.05) is 10.6 Å². The maximum atomic E-state index is 13.8. The van der Waals surface area contributed by atoms with Crippen LogP contribution in [0.4, 0.5) is 15.2 Å². The summed E-state index contributed by atoms with van der Waals surface area (Å²) < 4.78 is 15.6. The summed E-state index contributed by atoms with van der Waals surface area (Å²) in [5.41, 5.74) is 1.86. The topological polar surface area (TPSA) is 115 Å². The van der Waals surface area contributed by atoms with Crippen LogP contribution in [0.25, 0.3) is 11.4 Å². The van der Waals surface area contributed by atoms with Crippen LogP contribution >= 0.6 is 11.3 Å². The molecule has 0 radical (unpaired) electrons. The second kappa shape index (κ2) is 8.87. The Balaban J connectivity index is 1.21. The van der Waals surface area contributed by atoms with Crippen LogP contribution in [0.2, 0.25) is 0 Å². The summed E-state index contributed by atoms with van der Waals surface area (Å²) in [6.07, 6.45) is 2.14. The minimum absolute atomic E-state index is 0.0239. The van der Waals surface area contributed by atoms with Crippen LogP contribution < -0.4 is 10.6 Å². The second-order valence-corrected chi connectivity index (χ2v) is 8.42. The lowest BCUT2D eigenvalue weighted by Crippen LogP contribution is -2.15. The van der Waals surface area contributed by atoms with Crippen molar-refractivity contribution < 1.29 is 14.0 Å². The molecular weight excluding hydrogens is 445 g/mol. The first kappa shape index (κ1) is 20.9. The number of carbonyl (C=O) groups is 2. The van der Waals surface area contributed by atoms with Gasteiger partial charge in [-0.25, -0.2) is 14.1 Å². The van der Waals surface area contributed by atoms with Crippen molar-refractivity contribution in [1.82, 2.24) is 25.2 Å². The van der Waals surface area contributed by atoms with Gasteiger partial charge in [-0.15, -0.1) is 16.4 Å². The minimum atomic E-state index is -0.612. The molecule has 11 heteroatoms. The fourth-order valence-electron chi connectivity index (χ4n) is 3.31. The number of hydrogen-bond acceptors (Lipinski definition) is 7. The van der Waals surface area contributed by atoms with Crippen LogP contribution in [0, 0.1) is 5.82 Å². The van der Waals surface area contributed by atoms with Crippen molar-refractivity contribution in [2.24, 2.45) is 0 Å². The molecule has 9 nitrogen and oxygen atoms in total. The van der Waals surface area contributed by atoms with E-state index < -0.39 is 11.7 Å². The molecule has 0 saturated heterocycles. The predicted octanol–water partition coefficient (Wildman–Crippen LogP) is 3.70. The molecule has 2 amide bonds. The van der Waals surface area contributed by atoms with E-state index >= 15 is 0 Å². The van der Waals surface area contributed by atoms with Crippen LogP contribution in [-0.4, -0.2) is 37.0 Å². The number of aromatic nitrogens is 5. The van der Waals surface area contributed by atoms with Gasteiger partial charge in [-0.3, -0.25) is 14.9 Å². The smallest absolute Gasteiger partial charge is 0.260 e. The molecule has 0 bridgehead atoms. The summed E-state index contributed by atoms with van der Waals surface area (Å²) in [5.74, 6) is -0.794. The van der Waals surface area contributed by atoms with Gasteiger partial charge in [0, 0.05) is 16.6 Å². The number of halogens is 1. The molecule has 1 saturated carbocycles. The Morgan fingerprint density at radius 2 is 1.97 bits per heavy atom. The predicted molar refractivity (Wildman–Crippen MR) is 120 cm³/mol. The first-order valence-corrected chi connectivity index (χ1v) is 11.1. The number of benzene rings is 2. The number of carbonyl (C=O) groups excluding carboxylic acids is 2. The zero-order valence-electron chi connectivity index (χ0n) is 17.2. The number of nitrogens with one attached hydrogen (secondary N) is 2. The maximum absolute atomic E-state index is 13.8. The molecule has 1 aliphatic carbocycles. The number of hydrogen-bond donors (Lipinski definition) is 2. The molecule has 0 spiro atoms. The molecule has 0 aliphatic heterocycles. The molecule has 2 N–H and O–H groups in total. The fourth-order valence-corrected chi connectivity index (χ4v) is 4.02. The van der Waals surface area contributed by atoms with E-state index in [4.69, 9.17) is 0 Å². The van der Waals surface area contributed by atoms with E-state index in [2.05, 4.69) is 31.1 Å². The summed E-state index contributed by atoms with van der Waals surface area (Å²) in [4.78, 5) is 29.0. The molecule has 0 atom stereocenters. The van der Waals surface area contributed by atoms with E-state index in [1.54, 1.807) is 17.5 Å². The van der Waals surface area contributed by atoms with E-state index in [9.17, 15) is 14.0 Å². The SMILES string of the molecule is O=C(Cc1csc(NC(=O)c2ccccc2F)n1)Nc1cccc(-c2nnnn2C2CC2)c1. The summed E-state index contributed by atoms with van der Waals surface area (Å²) in [7, 11) is 0. The Kier molecular flexibility index (Phi) is 5.61. The zero-order chi connectivity index (χ0) is 22.8. The Hall–Kier alpha value is -3.99. The van der Waals surface area contributed by atoms with Gasteiger partial charge in [-0.2, -0.15) is 0 Å². The minimum Gasteiger partial charge on any atom is -0.326 e. The molecular formula is C22H18FN7O2S. The average Bonchev–Trinajstić information content (AvgIpc) is 3.36. The Morgan fingerprint density at radius 1 is 1.12 bits per heavy atom. The van der Waals surface area contributed by atoms with E-state index in [1.165, 1.54) is 29.5 Å². The molecule has 33 heavy (non-hydrogen) atoms. The summed E-state index contributed by atoms with van der Waals surface area (Å²) in [6, 6.07) is 13.4. The van der Waals surface area contributed by atoms with Crippen molar-refractivity contribution in [1.29, 1.82) is 0 Å². The van der Waals surface area contributed by atoms with E-state index in [0.717, 1.165) is 18.4 Å². The lowest BCUT2D eigenvalue weighted by Gasteiger charge is -2.07. The molecule has 2 aromatic carbocycles. The third-order valence-corrected chi connectivity index (χ3v) is 5.83. The van der Waals surface area contributed by atoms with Gasteiger partial charge >= 0.3 is 0 Å². The number of anilines is 2. The maximum Gasteiger partial charge on any atom is 0.260 e. The van der Waals surface area contributed by atoms with Crippen LogP contribution in [0.15, 0.2) is 53.9 Å². The molecule has 2 aromatic heterocycles. The molecule has 4 aromatic rings. The number of amides is 2. The van der Waals surface area contributed by atoms with Gasteiger partial charge in [0.2, 0.25) is 5.91 Å². The highest BCUT2D eigenvalue weighted by molar-refractivity contribution is 7.14. The Morgan fingerprint density at radius 3 is 2.79 bits per heavy atom. The van der Waals surface area contributed by atoms with Crippen molar-refractivity contribution >= 4 is 34.0 Å². The van der Waals surface area contributed by atoms with Gasteiger partial charge in [0.25, 0.3) is 5.91 Å². The standard InChI is InChI=1S/C22H18FN7O2S/c23-18-7-2-1-6-17(18)21(32)26-22-25-15(12-33-22)11-19(31)24-14-5-3-4-13(10-14)20-27-28-29-30(20)16-8-9-16/h1-7,10,12,16H,8-9,11H2,(H,24,31)(H,25,26,32). The number of rotatable bonds is 7. The van der Waals surface area contributed by atoms with E-state index in [1.807, 2.05) is 22.9 Å². The number of thiazole rings is 1. The second-order valence-electron chi connectivity index (χ2n) is 7.56. The molecule has 1 aliphatic rings. The lowest BCUT2D eigenvalue weighted by atomic mass is 10.2. The van der Waals surface area contributed by atoms with Gasteiger partial charge in [-0.1, -0.05) is 24.3 Å². The highest BCUT2D eigenvalue weighted by atomic mass is 32.1. The van der Waals surface area contributed by atoms with Crippen LogP contribution in [0.1, 0.15) is 34.9 Å². The molecule has 1 fully saturated rings. The van der Waals surface area contributed by atoms with Crippen molar-refractivity contribution in [3.63, 3.8) is 0 Å². The van der Waals surface area contributed by atoms with Crippen molar-refractivity contribution in [3.05, 3.63) is 71.0 Å². The fraction of sp³-hybridized carbons (Fsp3) is 0.182. The number of nitrogens with zero attached hydrogens (tertiary/aromatic N) is 5. The largest absolute Gasteiger partial charge is 0.326 e. The zero-order valence-corrected chi connectivity index (χ0v) is 18.1. The first-order valence-electron chi connectivity index (χ1n) is 10.3. The Labute approximate surface area is 191 Å². The van der Waals surface area contributed by atoms with Gasteiger partial charge in [0.15, 0.2) is 11.0 Å². The van der Waals surface area contributed by atoms with E-state index in [0.29, 0.717) is 28.4 Å². The summed E-state index contributed by atoms with van der Waals surface area (Å²) >= 11 is 1.17. The van der Waals surface area contributed by atoms with Gasteiger partial charge in [0.1, 0.15) is 5.82 Å². The van der Waals surface area contributed by atoms with Crippen LogP contribution in [0.3, 0.4) is 0 Å². The van der Waals surface area contributed by atoms with Crippen molar-refractivity contribution in [2.45, 2.75) is 25.3 Å². The van der Waals surface area contributed by atoms with Gasteiger partial charge in [-0.05, 0) is 47.5 Å². The highest BCUT2D eigenvalue weighted by Gasteiger charge is 2.28. The first-order chi connectivity index (χ1) is 16.1. The molecule has 0 unspecified atom stereocenters. The molecule has 5 rings (SSSR count). The number of tetrazole rings is 1. The van der Waals surface area contributed by atoms with Crippen LogP contribution in [0.5, 0.6) is 0 Å². The van der Waals surface area contributed by atoms with E-state index in [-0.39, 0.29) is 17.9 Å². The van der Waals surface area contributed by atoms with Gasteiger partial charge < -0.3 is 5.32 Å². The molecule has 2 heterocycles. The monoisotopic (exact) mass is 463 g/mol. The van der Waals surface area contributed by atoms with Crippen LogP contribution in [-0.2, 0) is 11.2 Å². The lowest BCUT2D eigenvalue weighted by molar-refractivity contribution is -0.115. The van der Waals surface area contributed by atoms with Crippen molar-refractivity contribution in [3.8, 4) is 11.4 Å². The molecule has 166 valence electrons. The highest BCUT2D eigenvalue weighted by Crippen LogP contribution is 2.36.